The van der Waals surface area contributed by atoms with Gasteiger partial charge in [-0.15, -0.1) is 21.5 Å². The molecule has 0 spiro atoms. The van der Waals surface area contributed by atoms with Gasteiger partial charge >= 0.3 is 0 Å². The van der Waals surface area contributed by atoms with Crippen molar-refractivity contribution in [1.29, 1.82) is 0 Å². The third-order valence-corrected chi connectivity index (χ3v) is 4.69. The van der Waals surface area contributed by atoms with E-state index >= 15 is 0 Å². The summed E-state index contributed by atoms with van der Waals surface area (Å²) in [6.07, 6.45) is 0.691. The highest BCUT2D eigenvalue weighted by molar-refractivity contribution is 7.98. The van der Waals surface area contributed by atoms with Gasteiger partial charge < -0.3 is 9.52 Å². The highest BCUT2D eigenvalue weighted by atomic mass is 32.2. The van der Waals surface area contributed by atoms with Gasteiger partial charge in [-0.2, -0.15) is 0 Å². The van der Waals surface area contributed by atoms with Crippen LogP contribution in [0.15, 0.2) is 51.4 Å². The molecule has 0 aliphatic heterocycles. The highest BCUT2D eigenvalue weighted by Crippen LogP contribution is 2.23. The normalized spacial score (nSPS) is 10.9. The first-order chi connectivity index (χ1) is 10.3. The first-order valence-corrected chi connectivity index (χ1v) is 8.36. The van der Waals surface area contributed by atoms with Crippen molar-refractivity contribution in [3.05, 3.63) is 63.7 Å². The topological polar surface area (TPSA) is 59.2 Å². The lowest BCUT2D eigenvalue weighted by Gasteiger charge is -2.00. The summed E-state index contributed by atoms with van der Waals surface area (Å²) in [6.45, 7) is 0.0726. The fourth-order valence-electron chi connectivity index (χ4n) is 1.82. The molecule has 3 rings (SSSR count). The van der Waals surface area contributed by atoms with Crippen molar-refractivity contribution in [2.75, 3.05) is 0 Å². The Labute approximate surface area is 130 Å². The lowest BCUT2D eigenvalue weighted by Crippen LogP contribution is -1.85. The van der Waals surface area contributed by atoms with Gasteiger partial charge in [0.15, 0.2) is 0 Å². The minimum absolute atomic E-state index is 0.0726. The predicted octanol–water partition coefficient (Wildman–Crippen LogP) is 3.51. The van der Waals surface area contributed by atoms with E-state index in [-0.39, 0.29) is 6.61 Å². The summed E-state index contributed by atoms with van der Waals surface area (Å²) < 4.78 is 5.63. The van der Waals surface area contributed by atoms with Gasteiger partial charge in [-0.25, -0.2) is 0 Å². The van der Waals surface area contributed by atoms with Crippen LogP contribution in [-0.2, 0) is 18.8 Å². The van der Waals surface area contributed by atoms with Crippen molar-refractivity contribution in [1.82, 2.24) is 10.2 Å². The van der Waals surface area contributed by atoms with E-state index in [1.54, 1.807) is 11.3 Å². The molecule has 0 aliphatic carbocycles. The summed E-state index contributed by atoms with van der Waals surface area (Å²) >= 11 is 3.21. The van der Waals surface area contributed by atoms with E-state index in [0.29, 0.717) is 17.5 Å². The zero-order valence-electron chi connectivity index (χ0n) is 11.2. The van der Waals surface area contributed by atoms with Gasteiger partial charge in [0.2, 0.25) is 5.89 Å². The first kappa shape index (κ1) is 14.3. The third kappa shape index (κ3) is 3.93. The molecule has 2 aromatic heterocycles. The van der Waals surface area contributed by atoms with Crippen LogP contribution in [0.1, 0.15) is 21.9 Å². The summed E-state index contributed by atoms with van der Waals surface area (Å²) in [7, 11) is 0. The van der Waals surface area contributed by atoms with Gasteiger partial charge in [-0.05, 0) is 22.6 Å². The van der Waals surface area contributed by atoms with Crippen LogP contribution < -0.4 is 0 Å². The smallest absolute Gasteiger partial charge is 0.276 e. The van der Waals surface area contributed by atoms with Crippen molar-refractivity contribution < 1.29 is 9.52 Å². The number of aromatic nitrogens is 2. The SMILES string of the molecule is OCc1ccc(CSc2nnc(Cc3cccs3)o2)cc1. The quantitative estimate of drug-likeness (QED) is 0.705. The third-order valence-electron chi connectivity index (χ3n) is 2.92. The lowest BCUT2D eigenvalue weighted by atomic mass is 10.2. The Morgan fingerprint density at radius 2 is 1.90 bits per heavy atom. The largest absolute Gasteiger partial charge is 0.416 e. The molecule has 0 radical (unpaired) electrons. The molecule has 0 amide bonds. The minimum Gasteiger partial charge on any atom is -0.416 e. The number of thioether (sulfide) groups is 1. The molecule has 6 heteroatoms. The number of nitrogens with zero attached hydrogens (tertiary/aromatic N) is 2. The molecule has 4 nitrogen and oxygen atoms in total. The highest BCUT2D eigenvalue weighted by Gasteiger charge is 2.08. The Kier molecular flexibility index (Phi) is 4.69. The summed E-state index contributed by atoms with van der Waals surface area (Å²) in [4.78, 5) is 1.22. The monoisotopic (exact) mass is 318 g/mol. The van der Waals surface area contributed by atoms with Crippen LogP contribution in [-0.4, -0.2) is 15.3 Å². The Balaban J connectivity index is 1.56. The Bertz CT molecular complexity index is 678. The van der Waals surface area contributed by atoms with Gasteiger partial charge in [-0.3, -0.25) is 0 Å². The van der Waals surface area contributed by atoms with Gasteiger partial charge in [0, 0.05) is 10.6 Å². The fourth-order valence-corrected chi connectivity index (χ4v) is 3.25. The number of benzene rings is 1. The fraction of sp³-hybridized carbons (Fsp3) is 0.200. The van der Waals surface area contributed by atoms with Gasteiger partial charge in [0.25, 0.3) is 5.22 Å². The average molecular weight is 318 g/mol. The molecular weight excluding hydrogens is 304 g/mol. The lowest BCUT2D eigenvalue weighted by molar-refractivity contribution is 0.282. The number of thiophene rings is 1. The van der Waals surface area contributed by atoms with E-state index in [2.05, 4.69) is 16.3 Å². The van der Waals surface area contributed by atoms with Crippen molar-refractivity contribution in [3.63, 3.8) is 0 Å². The number of hydrogen-bond acceptors (Lipinski definition) is 6. The van der Waals surface area contributed by atoms with E-state index in [0.717, 1.165) is 16.9 Å². The molecule has 108 valence electrons. The number of aliphatic hydroxyl groups is 1. The molecule has 3 aromatic rings. The standard InChI is InChI=1S/C15H14N2O2S2/c18-9-11-3-5-12(6-4-11)10-21-15-17-16-14(19-15)8-13-2-1-7-20-13/h1-7,18H,8-10H2. The minimum atomic E-state index is 0.0726. The van der Waals surface area contributed by atoms with Crippen molar-refractivity contribution in [3.8, 4) is 0 Å². The van der Waals surface area contributed by atoms with Crippen LogP contribution in [0, 0.1) is 0 Å². The number of hydrogen-bond donors (Lipinski definition) is 1. The van der Waals surface area contributed by atoms with Gasteiger partial charge in [0.1, 0.15) is 0 Å². The second-order valence-electron chi connectivity index (χ2n) is 4.48. The average Bonchev–Trinajstić information content (AvgIpc) is 3.18. The Morgan fingerprint density at radius 1 is 1.10 bits per heavy atom. The molecule has 21 heavy (non-hydrogen) atoms. The van der Waals surface area contributed by atoms with E-state index in [1.807, 2.05) is 35.7 Å². The van der Waals surface area contributed by atoms with Crippen LogP contribution in [0.2, 0.25) is 0 Å². The molecule has 2 heterocycles. The van der Waals surface area contributed by atoms with Crippen LogP contribution in [0.25, 0.3) is 0 Å². The molecule has 0 saturated heterocycles. The molecule has 0 saturated carbocycles. The van der Waals surface area contributed by atoms with Crippen molar-refractivity contribution >= 4 is 23.1 Å². The summed E-state index contributed by atoms with van der Waals surface area (Å²) in [5, 5.41) is 19.8. The van der Waals surface area contributed by atoms with E-state index in [1.165, 1.54) is 16.6 Å². The second-order valence-corrected chi connectivity index (χ2v) is 6.44. The Hall–Kier alpha value is -1.63. The molecule has 0 unspecified atom stereocenters. The van der Waals surface area contributed by atoms with Crippen LogP contribution >= 0.6 is 23.1 Å². The van der Waals surface area contributed by atoms with Gasteiger partial charge in [-0.1, -0.05) is 42.1 Å². The Morgan fingerprint density at radius 3 is 2.62 bits per heavy atom. The van der Waals surface area contributed by atoms with Crippen molar-refractivity contribution in [2.24, 2.45) is 0 Å². The summed E-state index contributed by atoms with van der Waals surface area (Å²) in [5.41, 5.74) is 2.08. The van der Waals surface area contributed by atoms with E-state index in [4.69, 9.17) is 9.52 Å². The van der Waals surface area contributed by atoms with Crippen LogP contribution in [0.4, 0.5) is 0 Å². The maximum atomic E-state index is 9.01. The zero-order chi connectivity index (χ0) is 14.5. The zero-order valence-corrected chi connectivity index (χ0v) is 12.9. The molecule has 0 aliphatic rings. The van der Waals surface area contributed by atoms with Crippen molar-refractivity contribution in [2.45, 2.75) is 24.0 Å². The summed E-state index contributed by atoms with van der Waals surface area (Å²) in [5.74, 6) is 1.42. The van der Waals surface area contributed by atoms with Gasteiger partial charge in [0.05, 0.1) is 13.0 Å². The first-order valence-electron chi connectivity index (χ1n) is 6.50. The molecule has 1 N–H and O–H groups in total. The molecule has 0 bridgehead atoms. The molecule has 0 atom stereocenters. The maximum absolute atomic E-state index is 9.01. The maximum Gasteiger partial charge on any atom is 0.276 e. The van der Waals surface area contributed by atoms with Crippen LogP contribution in [0.5, 0.6) is 0 Å². The predicted molar refractivity (Wildman–Crippen MR) is 83.3 cm³/mol. The summed E-state index contributed by atoms with van der Waals surface area (Å²) in [6, 6.07) is 11.9. The number of aliphatic hydroxyl groups excluding tert-OH is 1. The molecular formula is C15H14N2O2S2. The number of rotatable bonds is 6. The van der Waals surface area contributed by atoms with Crippen LogP contribution in [0.3, 0.4) is 0 Å². The van der Waals surface area contributed by atoms with E-state index in [9.17, 15) is 0 Å². The second kappa shape index (κ2) is 6.89. The molecule has 1 aromatic carbocycles. The molecule has 0 fully saturated rings. The van der Waals surface area contributed by atoms with E-state index < -0.39 is 0 Å².